The first kappa shape index (κ1) is 14.2. The Kier molecular flexibility index (Phi) is 5.36. The molecule has 98 valence electrons. The van der Waals surface area contributed by atoms with Crippen molar-refractivity contribution in [2.24, 2.45) is 5.92 Å². The van der Waals surface area contributed by atoms with Crippen molar-refractivity contribution in [3.63, 3.8) is 0 Å². The van der Waals surface area contributed by atoms with Crippen LogP contribution in [0.15, 0.2) is 24.3 Å². The maximum atomic E-state index is 11.4. The fourth-order valence-corrected chi connectivity index (χ4v) is 1.54. The van der Waals surface area contributed by atoms with Gasteiger partial charge in [-0.25, -0.2) is 0 Å². The third kappa shape index (κ3) is 4.20. The molecule has 0 radical (unpaired) electrons. The first-order valence-electron chi connectivity index (χ1n) is 6.13. The van der Waals surface area contributed by atoms with Crippen molar-refractivity contribution < 1.29 is 14.7 Å². The molecule has 0 aliphatic rings. The van der Waals surface area contributed by atoms with Gasteiger partial charge in [-0.3, -0.25) is 9.59 Å². The summed E-state index contributed by atoms with van der Waals surface area (Å²) in [7, 11) is 0. The number of hydrogen-bond acceptors (Lipinski definition) is 2. The number of nitrogens with one attached hydrogen (secondary N) is 1. The van der Waals surface area contributed by atoms with Crippen LogP contribution in [0.25, 0.3) is 0 Å². The van der Waals surface area contributed by atoms with E-state index in [1.165, 1.54) is 12.5 Å². The van der Waals surface area contributed by atoms with Crippen molar-refractivity contribution in [2.75, 3.05) is 6.54 Å². The second-order valence-electron chi connectivity index (χ2n) is 4.27. The summed E-state index contributed by atoms with van der Waals surface area (Å²) in [5, 5.41) is 11.3. The van der Waals surface area contributed by atoms with Gasteiger partial charge in [-0.05, 0) is 30.9 Å². The van der Waals surface area contributed by atoms with Crippen LogP contribution in [-0.4, -0.2) is 23.5 Å². The molecule has 0 bridgehead atoms. The quantitative estimate of drug-likeness (QED) is 0.753. The van der Waals surface area contributed by atoms with E-state index in [0.717, 1.165) is 12.0 Å². The summed E-state index contributed by atoms with van der Waals surface area (Å²) >= 11 is 0. The minimum atomic E-state index is -1.10. The zero-order chi connectivity index (χ0) is 13.5. The Hall–Kier alpha value is -1.84. The van der Waals surface area contributed by atoms with Crippen LogP contribution in [0.5, 0.6) is 0 Å². The summed E-state index contributed by atoms with van der Waals surface area (Å²) in [4.78, 5) is 22.0. The van der Waals surface area contributed by atoms with E-state index in [4.69, 9.17) is 5.11 Å². The molecule has 4 heteroatoms. The molecule has 1 rings (SSSR count). The van der Waals surface area contributed by atoms with Gasteiger partial charge >= 0.3 is 5.97 Å². The zero-order valence-electron chi connectivity index (χ0n) is 10.8. The van der Waals surface area contributed by atoms with Gasteiger partial charge in [0, 0.05) is 6.54 Å². The highest BCUT2D eigenvalue weighted by Crippen LogP contribution is 2.05. The van der Waals surface area contributed by atoms with Crippen molar-refractivity contribution in [2.45, 2.75) is 26.7 Å². The summed E-state index contributed by atoms with van der Waals surface area (Å²) in [6, 6.07) is 8.20. The van der Waals surface area contributed by atoms with Crippen LogP contribution >= 0.6 is 0 Å². The van der Waals surface area contributed by atoms with Gasteiger partial charge in [0.2, 0.25) is 5.91 Å². The predicted octanol–water partition coefficient (Wildman–Crippen LogP) is 1.63. The lowest BCUT2D eigenvalue weighted by Gasteiger charge is -2.08. The van der Waals surface area contributed by atoms with E-state index in [0.29, 0.717) is 13.0 Å². The molecule has 0 saturated carbocycles. The molecular weight excluding hydrogens is 230 g/mol. The molecule has 0 heterocycles. The smallest absolute Gasteiger partial charge is 0.315 e. The SMILES string of the molecule is CCc1ccc(CCNC(=O)C(C)C(=O)O)cc1. The number of carboxylic acid groups (broad SMARTS) is 1. The number of carboxylic acids is 1. The Morgan fingerprint density at radius 3 is 2.28 bits per heavy atom. The van der Waals surface area contributed by atoms with Gasteiger partial charge in [0.1, 0.15) is 5.92 Å². The number of rotatable bonds is 6. The van der Waals surface area contributed by atoms with E-state index in [-0.39, 0.29) is 0 Å². The standard InChI is InChI=1S/C14H19NO3/c1-3-11-4-6-12(7-5-11)8-9-15-13(16)10(2)14(17)18/h4-7,10H,3,8-9H2,1-2H3,(H,15,16)(H,17,18). The molecule has 0 aromatic heterocycles. The van der Waals surface area contributed by atoms with E-state index in [1.807, 2.05) is 12.1 Å². The fraction of sp³-hybridized carbons (Fsp3) is 0.429. The van der Waals surface area contributed by atoms with E-state index in [2.05, 4.69) is 24.4 Å². The summed E-state index contributed by atoms with van der Waals surface area (Å²) in [6.45, 7) is 3.94. The minimum Gasteiger partial charge on any atom is -0.481 e. The van der Waals surface area contributed by atoms with Gasteiger partial charge in [0.25, 0.3) is 0 Å². The molecule has 0 saturated heterocycles. The summed E-state index contributed by atoms with van der Waals surface area (Å²) in [5.41, 5.74) is 2.41. The maximum Gasteiger partial charge on any atom is 0.315 e. The monoisotopic (exact) mass is 249 g/mol. The van der Waals surface area contributed by atoms with Crippen molar-refractivity contribution in [1.29, 1.82) is 0 Å². The number of aryl methyl sites for hydroxylation is 1. The second-order valence-corrected chi connectivity index (χ2v) is 4.27. The van der Waals surface area contributed by atoms with Crippen molar-refractivity contribution in [1.82, 2.24) is 5.32 Å². The Labute approximate surface area is 107 Å². The Morgan fingerprint density at radius 1 is 1.22 bits per heavy atom. The molecular formula is C14H19NO3. The maximum absolute atomic E-state index is 11.4. The number of amides is 1. The van der Waals surface area contributed by atoms with Crippen molar-refractivity contribution in [3.05, 3.63) is 35.4 Å². The molecule has 4 nitrogen and oxygen atoms in total. The van der Waals surface area contributed by atoms with Crippen LogP contribution in [0.1, 0.15) is 25.0 Å². The van der Waals surface area contributed by atoms with Gasteiger partial charge < -0.3 is 10.4 Å². The topological polar surface area (TPSA) is 66.4 Å². The number of hydrogen-bond donors (Lipinski definition) is 2. The molecule has 1 aromatic carbocycles. The molecule has 18 heavy (non-hydrogen) atoms. The van der Waals surface area contributed by atoms with Gasteiger partial charge in [-0.1, -0.05) is 31.2 Å². The first-order valence-corrected chi connectivity index (χ1v) is 6.13. The molecule has 0 spiro atoms. The predicted molar refractivity (Wildman–Crippen MR) is 69.3 cm³/mol. The lowest BCUT2D eigenvalue weighted by Crippen LogP contribution is -2.34. The van der Waals surface area contributed by atoms with Gasteiger partial charge in [-0.2, -0.15) is 0 Å². The summed E-state index contributed by atoms with van der Waals surface area (Å²) in [6.07, 6.45) is 1.72. The van der Waals surface area contributed by atoms with Crippen LogP contribution < -0.4 is 5.32 Å². The van der Waals surface area contributed by atoms with Crippen molar-refractivity contribution >= 4 is 11.9 Å². The molecule has 0 aliphatic carbocycles. The van der Waals surface area contributed by atoms with Crippen LogP contribution in [-0.2, 0) is 22.4 Å². The third-order valence-electron chi connectivity index (χ3n) is 2.91. The number of carbonyl (C=O) groups excluding carboxylic acids is 1. The Balaban J connectivity index is 2.37. The van der Waals surface area contributed by atoms with E-state index in [9.17, 15) is 9.59 Å². The minimum absolute atomic E-state index is 0.437. The van der Waals surface area contributed by atoms with E-state index < -0.39 is 17.8 Å². The molecule has 1 atom stereocenters. The van der Waals surface area contributed by atoms with E-state index in [1.54, 1.807) is 0 Å². The number of aliphatic carboxylic acids is 1. The number of benzene rings is 1. The van der Waals surface area contributed by atoms with Crippen LogP contribution in [0.4, 0.5) is 0 Å². The molecule has 1 unspecified atom stereocenters. The normalized spacial score (nSPS) is 11.9. The van der Waals surface area contributed by atoms with Gasteiger partial charge in [-0.15, -0.1) is 0 Å². The average Bonchev–Trinajstić information content (AvgIpc) is 2.38. The largest absolute Gasteiger partial charge is 0.481 e. The molecule has 0 aliphatic heterocycles. The zero-order valence-corrected chi connectivity index (χ0v) is 10.8. The average molecular weight is 249 g/mol. The fourth-order valence-electron chi connectivity index (χ4n) is 1.54. The molecule has 1 amide bonds. The molecule has 1 aromatic rings. The first-order chi connectivity index (χ1) is 8.54. The van der Waals surface area contributed by atoms with Crippen LogP contribution in [0.3, 0.4) is 0 Å². The lowest BCUT2D eigenvalue weighted by atomic mass is 10.1. The lowest BCUT2D eigenvalue weighted by molar-refractivity contribution is -0.146. The highest BCUT2D eigenvalue weighted by Gasteiger charge is 2.19. The van der Waals surface area contributed by atoms with Crippen LogP contribution in [0.2, 0.25) is 0 Å². The Bertz CT molecular complexity index is 412. The third-order valence-corrected chi connectivity index (χ3v) is 2.91. The highest BCUT2D eigenvalue weighted by molar-refractivity contribution is 5.96. The van der Waals surface area contributed by atoms with Crippen molar-refractivity contribution in [3.8, 4) is 0 Å². The van der Waals surface area contributed by atoms with Crippen LogP contribution in [0, 0.1) is 5.92 Å². The molecule has 2 N–H and O–H groups in total. The molecule has 0 fully saturated rings. The second kappa shape index (κ2) is 6.79. The highest BCUT2D eigenvalue weighted by atomic mass is 16.4. The van der Waals surface area contributed by atoms with Gasteiger partial charge in [0.05, 0.1) is 0 Å². The van der Waals surface area contributed by atoms with E-state index >= 15 is 0 Å². The summed E-state index contributed by atoms with van der Waals surface area (Å²) in [5.74, 6) is -2.53. The van der Waals surface area contributed by atoms with Gasteiger partial charge in [0.15, 0.2) is 0 Å². The Morgan fingerprint density at radius 2 is 1.78 bits per heavy atom. The summed E-state index contributed by atoms with van der Waals surface area (Å²) < 4.78 is 0. The number of carbonyl (C=O) groups is 2.